The van der Waals surface area contributed by atoms with Crippen molar-refractivity contribution in [1.29, 1.82) is 0 Å². The lowest BCUT2D eigenvalue weighted by Gasteiger charge is -2.21. The lowest BCUT2D eigenvalue weighted by atomic mass is 9.90. The molecule has 0 fully saturated rings. The molecule has 2 rings (SSSR count). The first-order valence-electron chi connectivity index (χ1n) is 8.84. The number of carbonyl (C=O) groups is 1. The minimum atomic E-state index is -0.295. The minimum Gasteiger partial charge on any atom is -0.469 e. The first-order valence-corrected chi connectivity index (χ1v) is 8.84. The zero-order valence-electron chi connectivity index (χ0n) is 16.5. The van der Waals surface area contributed by atoms with Crippen molar-refractivity contribution in [1.82, 2.24) is 0 Å². The Morgan fingerprint density at radius 3 is 2.21 bits per heavy atom. The molecule has 28 heavy (non-hydrogen) atoms. The van der Waals surface area contributed by atoms with E-state index in [4.69, 9.17) is 23.7 Å². The van der Waals surface area contributed by atoms with Crippen LogP contribution in [0.5, 0.6) is 11.5 Å². The number of benzene rings is 2. The molecule has 2 aromatic carbocycles. The van der Waals surface area contributed by atoms with Crippen LogP contribution < -0.4 is 9.47 Å². The van der Waals surface area contributed by atoms with Gasteiger partial charge in [0.05, 0.1) is 7.11 Å². The van der Waals surface area contributed by atoms with Crippen LogP contribution in [-0.4, -0.2) is 40.9 Å². The highest BCUT2D eigenvalue weighted by molar-refractivity contribution is 5.82. The van der Waals surface area contributed by atoms with Gasteiger partial charge < -0.3 is 23.7 Å². The summed E-state index contributed by atoms with van der Waals surface area (Å²) in [5.41, 5.74) is 3.48. The molecule has 0 aliphatic heterocycles. The number of hydrogen-bond acceptors (Lipinski definition) is 6. The van der Waals surface area contributed by atoms with E-state index < -0.39 is 0 Å². The first kappa shape index (κ1) is 21.5. The third-order valence-corrected chi connectivity index (χ3v) is 4.14. The van der Waals surface area contributed by atoms with Crippen LogP contribution in [0.2, 0.25) is 0 Å². The molecular formula is C22H26O6. The van der Waals surface area contributed by atoms with Crippen LogP contribution in [0, 0.1) is 0 Å². The molecule has 0 saturated carbocycles. The number of ether oxygens (including phenoxy) is 5. The summed E-state index contributed by atoms with van der Waals surface area (Å²) < 4.78 is 26.5. The zero-order chi connectivity index (χ0) is 20.4. The van der Waals surface area contributed by atoms with E-state index in [1.807, 2.05) is 30.3 Å². The highest BCUT2D eigenvalue weighted by atomic mass is 16.7. The van der Waals surface area contributed by atoms with Crippen LogP contribution in [0.1, 0.15) is 17.5 Å². The molecule has 2 aromatic rings. The molecule has 0 aliphatic carbocycles. The molecule has 0 amide bonds. The lowest BCUT2D eigenvalue weighted by molar-refractivity contribution is -0.140. The normalized spacial score (nSPS) is 10.4. The van der Waals surface area contributed by atoms with Crippen LogP contribution in [0.15, 0.2) is 43.0 Å². The van der Waals surface area contributed by atoms with Crippen LogP contribution in [-0.2, 0) is 25.4 Å². The molecule has 0 aliphatic rings. The predicted molar refractivity (Wildman–Crippen MR) is 107 cm³/mol. The fraction of sp³-hybridized carbons (Fsp3) is 0.318. The van der Waals surface area contributed by atoms with E-state index in [2.05, 4.69) is 6.58 Å². The zero-order valence-corrected chi connectivity index (χ0v) is 16.5. The highest BCUT2D eigenvalue weighted by Crippen LogP contribution is 2.42. The Morgan fingerprint density at radius 2 is 1.64 bits per heavy atom. The fourth-order valence-electron chi connectivity index (χ4n) is 2.91. The number of methoxy groups -OCH3 is 3. The Labute approximate surface area is 165 Å². The predicted octanol–water partition coefficient (Wildman–Crippen LogP) is 4.07. The van der Waals surface area contributed by atoms with Gasteiger partial charge in [0.1, 0.15) is 11.5 Å². The molecular weight excluding hydrogens is 360 g/mol. The van der Waals surface area contributed by atoms with Crippen molar-refractivity contribution in [3.05, 3.63) is 54.1 Å². The number of esters is 1. The van der Waals surface area contributed by atoms with Crippen molar-refractivity contribution >= 4 is 12.0 Å². The monoisotopic (exact) mass is 386 g/mol. The van der Waals surface area contributed by atoms with Gasteiger partial charge in [-0.2, -0.15) is 0 Å². The summed E-state index contributed by atoms with van der Waals surface area (Å²) in [5, 5.41) is 0. The average Bonchev–Trinajstić information content (AvgIpc) is 2.74. The fourth-order valence-corrected chi connectivity index (χ4v) is 2.91. The Hall–Kier alpha value is -2.83. The molecule has 150 valence electrons. The SMILES string of the molecule is C=Cc1c(OCOC)cc(OCOC)c(-c2ccccc2)c1CCC(=O)OC. The summed E-state index contributed by atoms with van der Waals surface area (Å²) in [4.78, 5) is 11.8. The van der Waals surface area contributed by atoms with E-state index in [0.717, 1.165) is 22.3 Å². The molecule has 6 heteroatoms. The van der Waals surface area contributed by atoms with E-state index in [1.54, 1.807) is 26.4 Å². The van der Waals surface area contributed by atoms with Crippen molar-refractivity contribution in [2.24, 2.45) is 0 Å². The van der Waals surface area contributed by atoms with Crippen molar-refractivity contribution in [3.63, 3.8) is 0 Å². The van der Waals surface area contributed by atoms with Gasteiger partial charge >= 0.3 is 5.97 Å². The molecule has 0 radical (unpaired) electrons. The minimum absolute atomic E-state index is 0.0751. The van der Waals surface area contributed by atoms with Gasteiger partial charge in [-0.1, -0.05) is 43.0 Å². The van der Waals surface area contributed by atoms with Crippen molar-refractivity contribution in [2.45, 2.75) is 12.8 Å². The summed E-state index contributed by atoms with van der Waals surface area (Å²) in [6.45, 7) is 4.08. The molecule has 6 nitrogen and oxygen atoms in total. The highest BCUT2D eigenvalue weighted by Gasteiger charge is 2.21. The third kappa shape index (κ3) is 5.34. The standard InChI is InChI=1S/C22H26O6/c1-5-17-18(11-12-21(23)26-4)22(16-9-7-6-8-10-16)20(28-15-25-3)13-19(17)27-14-24-2/h5-10,13H,1,11-12,14-15H2,2-4H3. The second-order valence-electron chi connectivity index (χ2n) is 5.89. The maximum absolute atomic E-state index is 11.8. The lowest BCUT2D eigenvalue weighted by Crippen LogP contribution is -2.09. The molecule has 0 saturated heterocycles. The van der Waals surface area contributed by atoms with Crippen LogP contribution in [0.3, 0.4) is 0 Å². The maximum Gasteiger partial charge on any atom is 0.305 e. The molecule has 0 heterocycles. The van der Waals surface area contributed by atoms with Crippen molar-refractivity contribution in [3.8, 4) is 22.6 Å². The van der Waals surface area contributed by atoms with E-state index in [-0.39, 0.29) is 26.0 Å². The molecule has 0 bridgehead atoms. The molecule has 0 N–H and O–H groups in total. The van der Waals surface area contributed by atoms with Gasteiger partial charge in [-0.15, -0.1) is 0 Å². The van der Waals surface area contributed by atoms with E-state index >= 15 is 0 Å². The van der Waals surface area contributed by atoms with Gasteiger partial charge in [-0.25, -0.2) is 0 Å². The van der Waals surface area contributed by atoms with Gasteiger partial charge in [0.2, 0.25) is 0 Å². The molecule has 0 atom stereocenters. The second-order valence-corrected chi connectivity index (χ2v) is 5.89. The van der Waals surface area contributed by atoms with Gasteiger partial charge in [-0.05, 0) is 17.5 Å². The molecule has 0 spiro atoms. The summed E-state index contributed by atoms with van der Waals surface area (Å²) in [6, 6.07) is 11.6. The summed E-state index contributed by atoms with van der Waals surface area (Å²) >= 11 is 0. The number of carbonyl (C=O) groups excluding carboxylic acids is 1. The van der Waals surface area contributed by atoms with Crippen LogP contribution >= 0.6 is 0 Å². The van der Waals surface area contributed by atoms with Crippen molar-refractivity contribution in [2.75, 3.05) is 34.9 Å². The third-order valence-electron chi connectivity index (χ3n) is 4.14. The first-order chi connectivity index (χ1) is 13.7. The van der Waals surface area contributed by atoms with Gasteiger partial charge in [-0.3, -0.25) is 4.79 Å². The Kier molecular flexibility index (Phi) is 8.52. The average molecular weight is 386 g/mol. The van der Waals surface area contributed by atoms with Gasteiger partial charge in [0.25, 0.3) is 0 Å². The smallest absolute Gasteiger partial charge is 0.305 e. The topological polar surface area (TPSA) is 63.2 Å². The Bertz CT molecular complexity index is 785. The van der Waals surface area contributed by atoms with Gasteiger partial charge in [0.15, 0.2) is 13.6 Å². The Morgan fingerprint density at radius 1 is 1.00 bits per heavy atom. The van der Waals surface area contributed by atoms with Crippen LogP contribution in [0.4, 0.5) is 0 Å². The summed E-state index contributed by atoms with van der Waals surface area (Å²) in [6.07, 6.45) is 2.37. The van der Waals surface area contributed by atoms with Crippen molar-refractivity contribution < 1.29 is 28.5 Å². The Balaban J connectivity index is 2.67. The van der Waals surface area contributed by atoms with Gasteiger partial charge in [0, 0.05) is 37.8 Å². The summed E-state index contributed by atoms with van der Waals surface area (Å²) in [5.74, 6) is 0.851. The second kappa shape index (κ2) is 11.1. The summed E-state index contributed by atoms with van der Waals surface area (Å²) in [7, 11) is 4.48. The maximum atomic E-state index is 11.8. The van der Waals surface area contributed by atoms with E-state index in [0.29, 0.717) is 17.9 Å². The number of rotatable bonds is 11. The largest absolute Gasteiger partial charge is 0.469 e. The van der Waals surface area contributed by atoms with E-state index in [1.165, 1.54) is 7.11 Å². The number of hydrogen-bond donors (Lipinski definition) is 0. The van der Waals surface area contributed by atoms with E-state index in [9.17, 15) is 4.79 Å². The quantitative estimate of drug-likeness (QED) is 0.429. The molecule has 0 unspecified atom stereocenters. The molecule has 0 aromatic heterocycles. The van der Waals surface area contributed by atoms with Crippen LogP contribution in [0.25, 0.3) is 17.2 Å².